The van der Waals surface area contributed by atoms with E-state index in [1.165, 1.54) is 14.2 Å². The van der Waals surface area contributed by atoms with Crippen LogP contribution in [0.4, 0.5) is 4.79 Å². The molecule has 0 saturated carbocycles. The van der Waals surface area contributed by atoms with Gasteiger partial charge in [-0.25, -0.2) is 4.79 Å². The van der Waals surface area contributed by atoms with Gasteiger partial charge in [0, 0.05) is 0 Å². The van der Waals surface area contributed by atoms with E-state index in [1.807, 2.05) is 30.3 Å². The largest absolute Gasteiger partial charge is 0.469 e. The third-order valence-electron chi connectivity index (χ3n) is 2.28. The summed E-state index contributed by atoms with van der Waals surface area (Å²) in [5.74, 6) is -0.393. The maximum atomic E-state index is 11.3. The molecule has 0 aliphatic carbocycles. The molecular formula is C12H15NO4. The van der Waals surface area contributed by atoms with Crippen molar-refractivity contribution >= 4 is 12.1 Å². The summed E-state index contributed by atoms with van der Waals surface area (Å²) in [6.45, 7) is 0. The Morgan fingerprint density at radius 2 is 1.82 bits per heavy atom. The first kappa shape index (κ1) is 13.0. The Morgan fingerprint density at radius 1 is 1.18 bits per heavy atom. The van der Waals surface area contributed by atoms with Gasteiger partial charge in [0.05, 0.1) is 26.7 Å². The molecule has 5 nitrogen and oxygen atoms in total. The zero-order valence-electron chi connectivity index (χ0n) is 9.80. The summed E-state index contributed by atoms with van der Waals surface area (Å²) in [6.07, 6.45) is -0.516. The number of carbonyl (C=O) groups excluding carboxylic acids is 2. The zero-order valence-corrected chi connectivity index (χ0v) is 9.80. The van der Waals surface area contributed by atoms with E-state index in [-0.39, 0.29) is 6.42 Å². The molecule has 1 rings (SSSR count). The molecule has 1 unspecified atom stereocenters. The number of carbonyl (C=O) groups is 2. The number of esters is 1. The van der Waals surface area contributed by atoms with Crippen LogP contribution in [0, 0.1) is 0 Å². The van der Waals surface area contributed by atoms with Crippen LogP contribution in [0.3, 0.4) is 0 Å². The van der Waals surface area contributed by atoms with Crippen LogP contribution in [0.1, 0.15) is 18.0 Å². The van der Waals surface area contributed by atoms with Gasteiger partial charge in [-0.3, -0.25) is 4.79 Å². The van der Waals surface area contributed by atoms with Crippen molar-refractivity contribution in [3.05, 3.63) is 35.9 Å². The summed E-state index contributed by atoms with van der Waals surface area (Å²) in [4.78, 5) is 22.4. The number of rotatable bonds is 4. The molecule has 1 N–H and O–H groups in total. The average Bonchev–Trinajstić information content (AvgIpc) is 2.38. The summed E-state index contributed by atoms with van der Waals surface area (Å²) < 4.78 is 9.10. The van der Waals surface area contributed by atoms with E-state index < -0.39 is 18.1 Å². The van der Waals surface area contributed by atoms with Gasteiger partial charge >= 0.3 is 12.1 Å². The van der Waals surface area contributed by atoms with Gasteiger partial charge < -0.3 is 14.8 Å². The highest BCUT2D eigenvalue weighted by atomic mass is 16.5. The van der Waals surface area contributed by atoms with Crippen LogP contribution in [0.25, 0.3) is 0 Å². The summed E-state index contributed by atoms with van der Waals surface area (Å²) >= 11 is 0. The molecule has 92 valence electrons. The fraction of sp³-hybridized carbons (Fsp3) is 0.333. The van der Waals surface area contributed by atoms with Crippen LogP contribution in [0.15, 0.2) is 30.3 Å². The third-order valence-corrected chi connectivity index (χ3v) is 2.28. The lowest BCUT2D eigenvalue weighted by Gasteiger charge is -2.17. The number of hydrogen-bond donors (Lipinski definition) is 1. The highest BCUT2D eigenvalue weighted by Crippen LogP contribution is 2.17. The molecule has 0 aliphatic heterocycles. The summed E-state index contributed by atoms with van der Waals surface area (Å²) in [7, 11) is 2.58. The predicted molar refractivity (Wildman–Crippen MR) is 61.4 cm³/mol. The summed E-state index contributed by atoms with van der Waals surface area (Å²) in [5, 5.41) is 2.59. The second kappa shape index (κ2) is 6.52. The van der Waals surface area contributed by atoms with Crippen molar-refractivity contribution in [2.24, 2.45) is 0 Å². The molecule has 5 heteroatoms. The number of hydrogen-bond acceptors (Lipinski definition) is 4. The van der Waals surface area contributed by atoms with E-state index in [0.29, 0.717) is 0 Å². The number of benzene rings is 1. The van der Waals surface area contributed by atoms with E-state index in [9.17, 15) is 9.59 Å². The number of methoxy groups -OCH3 is 2. The normalized spacial score (nSPS) is 11.4. The van der Waals surface area contributed by atoms with Crippen LogP contribution in [-0.4, -0.2) is 26.3 Å². The summed E-state index contributed by atoms with van der Waals surface area (Å²) in [6, 6.07) is 8.72. The molecular weight excluding hydrogens is 222 g/mol. The number of amides is 1. The smallest absolute Gasteiger partial charge is 0.407 e. The molecule has 0 bridgehead atoms. The van der Waals surface area contributed by atoms with Crippen LogP contribution in [0.5, 0.6) is 0 Å². The topological polar surface area (TPSA) is 64.6 Å². The lowest BCUT2D eigenvalue weighted by atomic mass is 10.0. The lowest BCUT2D eigenvalue weighted by Crippen LogP contribution is -2.30. The Morgan fingerprint density at radius 3 is 2.35 bits per heavy atom. The zero-order chi connectivity index (χ0) is 12.7. The SMILES string of the molecule is COC(=O)CC(NC(=O)OC)c1ccccc1. The lowest BCUT2D eigenvalue weighted by molar-refractivity contribution is -0.141. The van der Waals surface area contributed by atoms with Crippen molar-refractivity contribution in [2.45, 2.75) is 12.5 Å². The van der Waals surface area contributed by atoms with Crippen LogP contribution in [-0.2, 0) is 14.3 Å². The fourth-order valence-electron chi connectivity index (χ4n) is 1.39. The fourth-order valence-corrected chi connectivity index (χ4v) is 1.39. The van der Waals surface area contributed by atoms with E-state index in [1.54, 1.807) is 0 Å². The molecule has 17 heavy (non-hydrogen) atoms. The first-order chi connectivity index (χ1) is 8.17. The molecule has 1 atom stereocenters. The number of alkyl carbamates (subject to hydrolysis) is 1. The molecule has 1 aromatic carbocycles. The molecule has 1 amide bonds. The minimum absolute atomic E-state index is 0.0651. The molecule has 0 fully saturated rings. The van der Waals surface area contributed by atoms with Crippen molar-refractivity contribution in [2.75, 3.05) is 14.2 Å². The van der Waals surface area contributed by atoms with Gasteiger partial charge in [-0.15, -0.1) is 0 Å². The first-order valence-corrected chi connectivity index (χ1v) is 5.13. The third kappa shape index (κ3) is 4.14. The van der Waals surface area contributed by atoms with Gasteiger partial charge in [-0.1, -0.05) is 30.3 Å². The van der Waals surface area contributed by atoms with E-state index in [0.717, 1.165) is 5.56 Å². The first-order valence-electron chi connectivity index (χ1n) is 5.13. The Balaban J connectivity index is 2.79. The monoisotopic (exact) mass is 237 g/mol. The predicted octanol–water partition coefficient (Wildman–Crippen LogP) is 1.65. The van der Waals surface area contributed by atoms with Crippen molar-refractivity contribution in [3.8, 4) is 0 Å². The maximum Gasteiger partial charge on any atom is 0.407 e. The van der Waals surface area contributed by atoms with E-state index in [2.05, 4.69) is 14.8 Å². The maximum absolute atomic E-state index is 11.3. The Labute approximate surface area is 99.7 Å². The highest BCUT2D eigenvalue weighted by Gasteiger charge is 2.18. The molecule has 0 saturated heterocycles. The molecule has 0 spiro atoms. The quantitative estimate of drug-likeness (QED) is 0.808. The molecule has 0 radical (unpaired) electrons. The Bertz CT molecular complexity index is 359. The molecule has 0 aromatic heterocycles. The Kier molecular flexibility index (Phi) is 5.00. The second-order valence-electron chi connectivity index (χ2n) is 3.38. The van der Waals surface area contributed by atoms with Crippen molar-refractivity contribution in [1.82, 2.24) is 5.32 Å². The molecule has 1 aromatic rings. The van der Waals surface area contributed by atoms with Crippen LogP contribution >= 0.6 is 0 Å². The minimum Gasteiger partial charge on any atom is -0.469 e. The minimum atomic E-state index is -0.581. The van der Waals surface area contributed by atoms with Crippen molar-refractivity contribution in [1.29, 1.82) is 0 Å². The number of ether oxygens (including phenoxy) is 2. The van der Waals surface area contributed by atoms with Crippen LogP contribution in [0.2, 0.25) is 0 Å². The molecule has 0 aliphatic rings. The number of nitrogens with one attached hydrogen (secondary N) is 1. The van der Waals surface area contributed by atoms with Gasteiger partial charge in [-0.05, 0) is 5.56 Å². The molecule has 0 heterocycles. The van der Waals surface area contributed by atoms with Crippen LogP contribution < -0.4 is 5.32 Å². The standard InChI is InChI=1S/C12H15NO4/c1-16-11(14)8-10(13-12(15)17-2)9-6-4-3-5-7-9/h3-7,10H,8H2,1-2H3,(H,13,15). The van der Waals surface area contributed by atoms with Crippen molar-refractivity contribution in [3.63, 3.8) is 0 Å². The van der Waals surface area contributed by atoms with E-state index in [4.69, 9.17) is 0 Å². The van der Waals surface area contributed by atoms with Gasteiger partial charge in [0.1, 0.15) is 0 Å². The second-order valence-corrected chi connectivity index (χ2v) is 3.38. The highest BCUT2D eigenvalue weighted by molar-refractivity contribution is 5.73. The summed E-state index contributed by atoms with van der Waals surface area (Å²) in [5.41, 5.74) is 0.823. The van der Waals surface area contributed by atoms with Crippen molar-refractivity contribution < 1.29 is 19.1 Å². The van der Waals surface area contributed by atoms with Gasteiger partial charge in [-0.2, -0.15) is 0 Å². The van der Waals surface area contributed by atoms with E-state index >= 15 is 0 Å². The van der Waals surface area contributed by atoms with Gasteiger partial charge in [0.25, 0.3) is 0 Å². The van der Waals surface area contributed by atoms with Gasteiger partial charge in [0.15, 0.2) is 0 Å². The Hall–Kier alpha value is -2.04. The average molecular weight is 237 g/mol. The van der Waals surface area contributed by atoms with Gasteiger partial charge in [0.2, 0.25) is 0 Å².